The Labute approximate surface area is 97.7 Å². The van der Waals surface area contributed by atoms with Gasteiger partial charge in [0.15, 0.2) is 0 Å². The number of alkyl halides is 3. The molecular formula is C9H18F3NO2S. The molecule has 0 spiro atoms. The van der Waals surface area contributed by atoms with Gasteiger partial charge in [-0.2, -0.15) is 24.9 Å². The fourth-order valence-corrected chi connectivity index (χ4v) is 1.70. The first-order valence-electron chi connectivity index (χ1n) is 5.10. The molecule has 0 heterocycles. The van der Waals surface area contributed by atoms with E-state index in [-0.39, 0.29) is 13.2 Å². The van der Waals surface area contributed by atoms with Crippen LogP contribution >= 0.6 is 11.8 Å². The second-order valence-electron chi connectivity index (χ2n) is 3.11. The molecule has 0 unspecified atom stereocenters. The van der Waals surface area contributed by atoms with E-state index >= 15 is 0 Å². The number of aliphatic hydroxyl groups excluding tert-OH is 1. The summed E-state index contributed by atoms with van der Waals surface area (Å²) in [6.45, 7) is 0.259. The summed E-state index contributed by atoms with van der Waals surface area (Å²) in [6.07, 6.45) is -3.46. The Kier molecular flexibility index (Phi) is 10.2. The number of aliphatic hydroxyl groups is 1. The average molecular weight is 261 g/mol. The lowest BCUT2D eigenvalue weighted by Gasteiger charge is -2.08. The van der Waals surface area contributed by atoms with Crippen molar-refractivity contribution in [3.8, 4) is 0 Å². The van der Waals surface area contributed by atoms with Crippen molar-refractivity contribution in [3.63, 3.8) is 0 Å². The molecule has 0 atom stereocenters. The van der Waals surface area contributed by atoms with Crippen molar-refractivity contribution in [2.75, 3.05) is 44.4 Å². The van der Waals surface area contributed by atoms with Crippen LogP contribution in [0.15, 0.2) is 0 Å². The molecule has 0 aliphatic heterocycles. The van der Waals surface area contributed by atoms with Crippen LogP contribution in [0.1, 0.15) is 6.42 Å². The molecule has 3 nitrogen and oxygen atoms in total. The SMILES string of the molecule is OCCCSCCNCCOCC(F)(F)F. The van der Waals surface area contributed by atoms with Crippen molar-refractivity contribution in [2.45, 2.75) is 12.6 Å². The van der Waals surface area contributed by atoms with Gasteiger partial charge in [0.05, 0.1) is 6.61 Å². The Morgan fingerprint density at radius 1 is 1.19 bits per heavy atom. The molecule has 98 valence electrons. The maximum Gasteiger partial charge on any atom is 0.411 e. The van der Waals surface area contributed by atoms with Crippen LogP contribution in [0.3, 0.4) is 0 Å². The minimum Gasteiger partial charge on any atom is -0.396 e. The minimum atomic E-state index is -4.24. The summed E-state index contributed by atoms with van der Waals surface area (Å²) in [5, 5.41) is 11.5. The van der Waals surface area contributed by atoms with Gasteiger partial charge >= 0.3 is 6.18 Å². The molecule has 7 heteroatoms. The van der Waals surface area contributed by atoms with Crippen LogP contribution < -0.4 is 5.32 Å². The zero-order valence-electron chi connectivity index (χ0n) is 9.05. The molecular weight excluding hydrogens is 243 g/mol. The summed E-state index contributed by atoms with van der Waals surface area (Å²) < 4.78 is 39.3. The lowest BCUT2D eigenvalue weighted by atomic mass is 10.5. The van der Waals surface area contributed by atoms with E-state index in [9.17, 15) is 13.2 Å². The Bertz CT molecular complexity index is 158. The Balaban J connectivity index is 2.99. The highest BCUT2D eigenvalue weighted by molar-refractivity contribution is 7.99. The second kappa shape index (κ2) is 10.2. The highest BCUT2D eigenvalue weighted by Gasteiger charge is 2.27. The maximum atomic E-state index is 11.6. The Hall–Kier alpha value is 0.0200. The van der Waals surface area contributed by atoms with Crippen LogP contribution in [0.5, 0.6) is 0 Å². The van der Waals surface area contributed by atoms with Gasteiger partial charge in [0, 0.05) is 25.4 Å². The largest absolute Gasteiger partial charge is 0.411 e. The van der Waals surface area contributed by atoms with Crippen LogP contribution in [0, 0.1) is 0 Å². The number of nitrogens with one attached hydrogen (secondary N) is 1. The van der Waals surface area contributed by atoms with Gasteiger partial charge in [0.1, 0.15) is 6.61 Å². The molecule has 0 aromatic carbocycles. The van der Waals surface area contributed by atoms with E-state index in [1.54, 1.807) is 11.8 Å². The molecule has 0 aliphatic rings. The van der Waals surface area contributed by atoms with Gasteiger partial charge in [0.2, 0.25) is 0 Å². The minimum absolute atomic E-state index is 0.0703. The molecule has 2 N–H and O–H groups in total. The number of hydrogen-bond acceptors (Lipinski definition) is 4. The summed E-state index contributed by atoms with van der Waals surface area (Å²) in [5.74, 6) is 1.79. The molecule has 0 aliphatic carbocycles. The standard InChI is InChI=1S/C9H18F3NO2S/c10-9(11,12)8-15-5-2-13-3-7-16-6-1-4-14/h13-14H,1-8H2. The van der Waals surface area contributed by atoms with Crippen molar-refractivity contribution >= 4 is 11.8 Å². The van der Waals surface area contributed by atoms with Crippen molar-refractivity contribution in [3.05, 3.63) is 0 Å². The number of rotatable bonds is 10. The molecule has 0 saturated carbocycles. The Morgan fingerprint density at radius 3 is 2.56 bits per heavy atom. The van der Waals surface area contributed by atoms with Crippen molar-refractivity contribution in [2.24, 2.45) is 0 Å². The van der Waals surface area contributed by atoms with Crippen LogP contribution in [-0.4, -0.2) is 55.7 Å². The molecule has 0 aromatic rings. The van der Waals surface area contributed by atoms with Crippen LogP contribution in [-0.2, 0) is 4.74 Å². The fraction of sp³-hybridized carbons (Fsp3) is 1.00. The van der Waals surface area contributed by atoms with E-state index in [2.05, 4.69) is 10.1 Å². The van der Waals surface area contributed by atoms with Gasteiger partial charge in [-0.05, 0) is 12.2 Å². The smallest absolute Gasteiger partial charge is 0.396 e. The Morgan fingerprint density at radius 2 is 1.94 bits per heavy atom. The summed E-state index contributed by atoms with van der Waals surface area (Å²) >= 11 is 1.70. The third-order valence-electron chi connectivity index (χ3n) is 1.56. The highest BCUT2D eigenvalue weighted by Crippen LogP contribution is 2.13. The third-order valence-corrected chi connectivity index (χ3v) is 2.63. The van der Waals surface area contributed by atoms with Gasteiger partial charge < -0.3 is 15.2 Å². The lowest BCUT2D eigenvalue weighted by molar-refractivity contribution is -0.173. The second-order valence-corrected chi connectivity index (χ2v) is 4.33. The van der Waals surface area contributed by atoms with Crippen LogP contribution in [0.2, 0.25) is 0 Å². The molecule has 0 fully saturated rings. The summed E-state index contributed by atoms with van der Waals surface area (Å²) in [5.41, 5.74) is 0. The number of thioether (sulfide) groups is 1. The highest BCUT2D eigenvalue weighted by atomic mass is 32.2. The molecule has 0 radical (unpaired) electrons. The van der Waals surface area contributed by atoms with E-state index in [0.717, 1.165) is 24.5 Å². The zero-order chi connectivity index (χ0) is 12.3. The molecule has 0 saturated heterocycles. The molecule has 0 aromatic heterocycles. The van der Waals surface area contributed by atoms with Gasteiger partial charge in [-0.1, -0.05) is 0 Å². The molecule has 16 heavy (non-hydrogen) atoms. The maximum absolute atomic E-state index is 11.6. The number of ether oxygens (including phenoxy) is 1. The lowest BCUT2D eigenvalue weighted by Crippen LogP contribution is -2.25. The summed E-state index contributed by atoms with van der Waals surface area (Å²) in [6, 6.07) is 0. The molecule has 0 bridgehead atoms. The number of hydrogen-bond donors (Lipinski definition) is 2. The van der Waals surface area contributed by atoms with E-state index in [1.165, 1.54) is 0 Å². The normalized spacial score (nSPS) is 12.0. The number of halogens is 3. The summed E-state index contributed by atoms with van der Waals surface area (Å²) in [4.78, 5) is 0. The monoisotopic (exact) mass is 261 g/mol. The predicted octanol–water partition coefficient (Wildman–Crippen LogP) is 1.27. The first-order chi connectivity index (χ1) is 7.56. The summed E-state index contributed by atoms with van der Waals surface area (Å²) in [7, 11) is 0. The van der Waals surface area contributed by atoms with E-state index in [0.29, 0.717) is 6.54 Å². The van der Waals surface area contributed by atoms with Crippen molar-refractivity contribution in [1.82, 2.24) is 5.32 Å². The van der Waals surface area contributed by atoms with Crippen molar-refractivity contribution in [1.29, 1.82) is 0 Å². The zero-order valence-corrected chi connectivity index (χ0v) is 9.87. The van der Waals surface area contributed by atoms with Gasteiger partial charge in [-0.25, -0.2) is 0 Å². The fourth-order valence-electron chi connectivity index (χ4n) is 0.870. The average Bonchev–Trinajstić information content (AvgIpc) is 2.19. The topological polar surface area (TPSA) is 41.5 Å². The first kappa shape index (κ1) is 16.0. The predicted molar refractivity (Wildman–Crippen MR) is 58.8 cm³/mol. The van der Waals surface area contributed by atoms with Crippen molar-refractivity contribution < 1.29 is 23.0 Å². The molecule has 0 rings (SSSR count). The quantitative estimate of drug-likeness (QED) is 0.581. The van der Waals surface area contributed by atoms with E-state index in [1.807, 2.05) is 0 Å². The molecule has 0 amide bonds. The van der Waals surface area contributed by atoms with E-state index < -0.39 is 12.8 Å². The van der Waals surface area contributed by atoms with Gasteiger partial charge in [-0.15, -0.1) is 0 Å². The first-order valence-corrected chi connectivity index (χ1v) is 6.25. The van der Waals surface area contributed by atoms with Gasteiger partial charge in [-0.3, -0.25) is 0 Å². The third kappa shape index (κ3) is 14.0. The van der Waals surface area contributed by atoms with Crippen LogP contribution in [0.25, 0.3) is 0 Å². The van der Waals surface area contributed by atoms with E-state index in [4.69, 9.17) is 5.11 Å². The van der Waals surface area contributed by atoms with Crippen LogP contribution in [0.4, 0.5) is 13.2 Å². The van der Waals surface area contributed by atoms with Gasteiger partial charge in [0.25, 0.3) is 0 Å².